The molecule has 0 unspecified atom stereocenters. The summed E-state index contributed by atoms with van der Waals surface area (Å²) in [5, 5.41) is 8.60. The van der Waals surface area contributed by atoms with Crippen LogP contribution in [-0.4, -0.2) is 21.7 Å². The number of hydrogen-bond acceptors (Lipinski definition) is 3. The molecule has 3 heteroatoms. The van der Waals surface area contributed by atoms with Crippen LogP contribution in [0, 0.1) is 11.8 Å². The minimum Gasteiger partial charge on any atom is -0.396 e. The van der Waals surface area contributed by atoms with Gasteiger partial charge in [0.1, 0.15) is 11.5 Å². The zero-order valence-electron chi connectivity index (χ0n) is 8.61. The first kappa shape index (κ1) is 10.1. The lowest BCUT2D eigenvalue weighted by Gasteiger charge is -1.95. The van der Waals surface area contributed by atoms with Gasteiger partial charge in [-0.2, -0.15) is 0 Å². The first-order valence-electron chi connectivity index (χ1n) is 5.33. The van der Waals surface area contributed by atoms with Crippen molar-refractivity contribution in [2.24, 2.45) is 0 Å². The van der Waals surface area contributed by atoms with Crippen LogP contribution in [0.15, 0.2) is 12.3 Å². The van der Waals surface area contributed by atoms with E-state index in [-0.39, 0.29) is 6.61 Å². The fourth-order valence-electron chi connectivity index (χ4n) is 1.30. The molecule has 78 valence electrons. The van der Waals surface area contributed by atoms with Crippen LogP contribution in [0.25, 0.3) is 0 Å². The van der Waals surface area contributed by atoms with Gasteiger partial charge in [-0.25, -0.2) is 9.97 Å². The van der Waals surface area contributed by atoms with E-state index in [9.17, 15) is 0 Å². The standard InChI is InChI=1S/C12H14N2O/c15-9-3-1-2-4-11-7-8-13-12(14-11)10-5-6-10/h7-8,10,15H,1,3,5-6,9H2. The maximum Gasteiger partial charge on any atom is 0.132 e. The second kappa shape index (κ2) is 4.90. The number of aliphatic hydroxyl groups excluding tert-OH is 1. The summed E-state index contributed by atoms with van der Waals surface area (Å²) in [4.78, 5) is 8.61. The predicted molar refractivity (Wildman–Crippen MR) is 57.2 cm³/mol. The maximum atomic E-state index is 8.60. The van der Waals surface area contributed by atoms with E-state index in [2.05, 4.69) is 21.8 Å². The van der Waals surface area contributed by atoms with Gasteiger partial charge in [0.25, 0.3) is 0 Å². The van der Waals surface area contributed by atoms with Crippen LogP contribution in [0.3, 0.4) is 0 Å². The molecule has 1 aliphatic rings. The van der Waals surface area contributed by atoms with Crippen molar-refractivity contribution in [1.29, 1.82) is 0 Å². The third kappa shape index (κ3) is 3.03. The van der Waals surface area contributed by atoms with E-state index in [1.54, 1.807) is 6.20 Å². The molecule has 0 saturated heterocycles. The van der Waals surface area contributed by atoms with Gasteiger partial charge in [0.2, 0.25) is 0 Å². The molecule has 1 aliphatic carbocycles. The zero-order valence-corrected chi connectivity index (χ0v) is 8.61. The highest BCUT2D eigenvalue weighted by molar-refractivity contribution is 5.27. The smallest absolute Gasteiger partial charge is 0.132 e. The third-order valence-corrected chi connectivity index (χ3v) is 2.29. The highest BCUT2D eigenvalue weighted by atomic mass is 16.2. The van der Waals surface area contributed by atoms with E-state index in [1.165, 1.54) is 12.8 Å². The van der Waals surface area contributed by atoms with Gasteiger partial charge in [-0.3, -0.25) is 0 Å². The average Bonchev–Trinajstić information content (AvgIpc) is 3.09. The number of hydrogen-bond donors (Lipinski definition) is 1. The molecule has 2 rings (SSSR count). The Bertz CT molecular complexity index is 388. The first-order chi connectivity index (χ1) is 7.40. The Morgan fingerprint density at radius 1 is 1.47 bits per heavy atom. The van der Waals surface area contributed by atoms with E-state index in [4.69, 9.17) is 5.11 Å². The summed E-state index contributed by atoms with van der Waals surface area (Å²) in [6.45, 7) is 0.200. The van der Waals surface area contributed by atoms with Gasteiger partial charge in [0.15, 0.2) is 0 Å². The Labute approximate surface area is 89.6 Å². The van der Waals surface area contributed by atoms with Gasteiger partial charge in [-0.1, -0.05) is 5.92 Å². The van der Waals surface area contributed by atoms with Gasteiger partial charge in [-0.05, 0) is 31.2 Å². The topological polar surface area (TPSA) is 46.0 Å². The predicted octanol–water partition coefficient (Wildman–Crippen LogP) is 1.48. The molecule has 0 spiro atoms. The van der Waals surface area contributed by atoms with Crippen molar-refractivity contribution in [1.82, 2.24) is 9.97 Å². The minimum atomic E-state index is 0.200. The molecular formula is C12H14N2O. The fraction of sp³-hybridized carbons (Fsp3) is 0.500. The molecule has 1 aromatic rings. The summed E-state index contributed by atoms with van der Waals surface area (Å²) in [5.74, 6) is 7.49. The summed E-state index contributed by atoms with van der Waals surface area (Å²) < 4.78 is 0. The summed E-state index contributed by atoms with van der Waals surface area (Å²) in [6, 6.07) is 1.83. The van der Waals surface area contributed by atoms with Crippen LogP contribution < -0.4 is 0 Å². The SMILES string of the molecule is OCCCC#Cc1ccnc(C2CC2)n1. The summed E-state index contributed by atoms with van der Waals surface area (Å²) in [5.41, 5.74) is 0.796. The summed E-state index contributed by atoms with van der Waals surface area (Å²) >= 11 is 0. The van der Waals surface area contributed by atoms with Crippen molar-refractivity contribution in [2.45, 2.75) is 31.6 Å². The normalized spacial score (nSPS) is 14.5. The molecular weight excluding hydrogens is 188 g/mol. The van der Waals surface area contributed by atoms with Crippen molar-refractivity contribution >= 4 is 0 Å². The number of aromatic nitrogens is 2. The lowest BCUT2D eigenvalue weighted by molar-refractivity contribution is 0.290. The summed E-state index contributed by atoms with van der Waals surface area (Å²) in [6.07, 6.45) is 5.65. The van der Waals surface area contributed by atoms with Crippen LogP contribution in [0.1, 0.15) is 43.1 Å². The lowest BCUT2D eigenvalue weighted by atomic mass is 10.3. The van der Waals surface area contributed by atoms with Crippen molar-refractivity contribution < 1.29 is 5.11 Å². The number of unbranched alkanes of at least 4 members (excludes halogenated alkanes) is 1. The zero-order chi connectivity index (χ0) is 10.5. The van der Waals surface area contributed by atoms with Gasteiger partial charge >= 0.3 is 0 Å². The molecule has 1 N–H and O–H groups in total. The molecule has 1 aromatic heterocycles. The Kier molecular flexibility index (Phi) is 3.31. The van der Waals surface area contributed by atoms with Crippen LogP contribution >= 0.6 is 0 Å². The highest BCUT2D eigenvalue weighted by Gasteiger charge is 2.26. The molecule has 3 nitrogen and oxygen atoms in total. The molecule has 1 heterocycles. The minimum absolute atomic E-state index is 0.200. The molecule has 0 aliphatic heterocycles. The first-order valence-corrected chi connectivity index (χ1v) is 5.33. The second-order valence-electron chi connectivity index (χ2n) is 3.70. The fourth-order valence-corrected chi connectivity index (χ4v) is 1.30. The average molecular weight is 202 g/mol. The summed E-state index contributed by atoms with van der Waals surface area (Å²) in [7, 11) is 0. The molecule has 15 heavy (non-hydrogen) atoms. The maximum absolute atomic E-state index is 8.60. The molecule has 0 aromatic carbocycles. The van der Waals surface area contributed by atoms with Gasteiger partial charge < -0.3 is 5.11 Å². The van der Waals surface area contributed by atoms with Gasteiger partial charge in [0, 0.05) is 25.1 Å². The van der Waals surface area contributed by atoms with Crippen LogP contribution in [-0.2, 0) is 0 Å². The molecule has 0 amide bonds. The molecule has 0 bridgehead atoms. The van der Waals surface area contributed by atoms with Crippen molar-refractivity contribution in [3.8, 4) is 11.8 Å². The Morgan fingerprint density at radius 3 is 3.07 bits per heavy atom. The van der Waals surface area contributed by atoms with Crippen LogP contribution in [0.5, 0.6) is 0 Å². The number of rotatable bonds is 3. The number of aliphatic hydroxyl groups is 1. The number of nitrogens with zero attached hydrogens (tertiary/aromatic N) is 2. The molecule has 0 radical (unpaired) electrons. The van der Waals surface area contributed by atoms with Crippen LogP contribution in [0.2, 0.25) is 0 Å². The van der Waals surface area contributed by atoms with E-state index in [0.717, 1.165) is 24.4 Å². The van der Waals surface area contributed by atoms with Gasteiger partial charge in [0.05, 0.1) is 0 Å². The molecule has 1 saturated carbocycles. The molecule has 0 atom stereocenters. The van der Waals surface area contributed by atoms with Crippen molar-refractivity contribution in [3.63, 3.8) is 0 Å². The highest BCUT2D eigenvalue weighted by Crippen LogP contribution is 2.37. The van der Waals surface area contributed by atoms with Crippen molar-refractivity contribution in [2.75, 3.05) is 6.61 Å². The molecule has 1 fully saturated rings. The van der Waals surface area contributed by atoms with E-state index in [1.807, 2.05) is 6.07 Å². The monoisotopic (exact) mass is 202 g/mol. The van der Waals surface area contributed by atoms with E-state index in [0.29, 0.717) is 5.92 Å². The second-order valence-corrected chi connectivity index (χ2v) is 3.70. The largest absolute Gasteiger partial charge is 0.396 e. The van der Waals surface area contributed by atoms with Crippen molar-refractivity contribution in [3.05, 3.63) is 23.8 Å². The van der Waals surface area contributed by atoms with Gasteiger partial charge in [-0.15, -0.1) is 0 Å². The Hall–Kier alpha value is -1.40. The lowest BCUT2D eigenvalue weighted by Crippen LogP contribution is -1.93. The quantitative estimate of drug-likeness (QED) is 0.596. The Morgan fingerprint density at radius 2 is 2.33 bits per heavy atom. The third-order valence-electron chi connectivity index (χ3n) is 2.29. The van der Waals surface area contributed by atoms with E-state index < -0.39 is 0 Å². The van der Waals surface area contributed by atoms with E-state index >= 15 is 0 Å². The van der Waals surface area contributed by atoms with Crippen LogP contribution in [0.4, 0.5) is 0 Å². The Balaban J connectivity index is 2.00.